The van der Waals surface area contributed by atoms with Crippen molar-refractivity contribution in [1.29, 1.82) is 0 Å². The molecule has 0 aliphatic heterocycles. The van der Waals surface area contributed by atoms with Crippen molar-refractivity contribution >= 4 is 44.1 Å². The highest BCUT2D eigenvalue weighted by Crippen LogP contribution is 2.50. The predicted molar refractivity (Wildman–Crippen MR) is 158 cm³/mol. The third-order valence-corrected chi connectivity index (χ3v) is 9.30. The number of nitrogens with zero attached hydrogens (tertiary/aromatic N) is 3. The van der Waals surface area contributed by atoms with E-state index in [9.17, 15) is 4.57 Å². The summed E-state index contributed by atoms with van der Waals surface area (Å²) >= 11 is 6.80. The zero-order valence-corrected chi connectivity index (χ0v) is 27.0. The van der Waals surface area contributed by atoms with E-state index in [-0.39, 0.29) is 0 Å². The Morgan fingerprint density at radius 1 is 0.921 bits per heavy atom. The first-order chi connectivity index (χ1) is 18.1. The fourth-order valence-corrected chi connectivity index (χ4v) is 5.37. The fourth-order valence-electron chi connectivity index (χ4n) is 2.74. The largest absolute Gasteiger partial charge is 0.530 e. The number of hydrogen-bond donors (Lipinski definition) is 0. The third kappa shape index (κ3) is 12.3. The molecule has 0 saturated heterocycles. The van der Waals surface area contributed by atoms with Crippen LogP contribution in [0.3, 0.4) is 0 Å². The predicted octanol–water partition coefficient (Wildman–Crippen LogP) is 7.28. The first-order valence-electron chi connectivity index (χ1n) is 12.4. The number of aromatic nitrogens is 2. The van der Waals surface area contributed by atoms with E-state index in [0.717, 1.165) is 36.5 Å². The number of phosphoric ester groups is 1. The fraction of sp³-hybridized carbons (Fsp3) is 0.583. The Morgan fingerprint density at radius 3 is 1.92 bits per heavy atom. The van der Waals surface area contributed by atoms with E-state index in [0.29, 0.717) is 30.8 Å². The topological polar surface area (TPSA) is 101 Å². The number of hydrogen-bond acceptors (Lipinski definition) is 12. The Morgan fingerprint density at radius 2 is 1.47 bits per heavy atom. The molecule has 0 aliphatic rings. The number of rotatable bonds is 16. The van der Waals surface area contributed by atoms with Gasteiger partial charge in [-0.25, -0.2) is 9.55 Å². The molecular weight excluding hydrogens is 568 g/mol. The summed E-state index contributed by atoms with van der Waals surface area (Å²) in [5.41, 5.74) is 0.806. The highest BCUT2D eigenvalue weighted by molar-refractivity contribution is 8.07. The molecule has 2 rings (SSSR count). The van der Waals surface area contributed by atoms with E-state index < -0.39 is 14.5 Å². The van der Waals surface area contributed by atoms with E-state index in [4.69, 9.17) is 38.9 Å². The second-order valence-electron chi connectivity index (χ2n) is 7.60. The van der Waals surface area contributed by atoms with Gasteiger partial charge in [-0.1, -0.05) is 13.8 Å². The molecule has 0 fully saturated rings. The SMILES string of the molecule is CCCOP(=O)(OCCC)Oc1ccc(SC)cc1.CCN(CC)c1nc(C)cc(OP(=S)(OC)OC)n1. The average molecular weight is 610 g/mol. The molecule has 0 bridgehead atoms. The van der Waals surface area contributed by atoms with Crippen LogP contribution in [0.25, 0.3) is 0 Å². The lowest BCUT2D eigenvalue weighted by Gasteiger charge is -2.21. The highest BCUT2D eigenvalue weighted by atomic mass is 32.5. The molecule has 10 nitrogen and oxygen atoms in total. The van der Waals surface area contributed by atoms with Gasteiger partial charge < -0.3 is 23.0 Å². The Labute approximate surface area is 237 Å². The summed E-state index contributed by atoms with van der Waals surface area (Å²) in [4.78, 5) is 11.9. The van der Waals surface area contributed by atoms with Gasteiger partial charge in [0.1, 0.15) is 5.75 Å². The lowest BCUT2D eigenvalue weighted by Crippen LogP contribution is -2.24. The van der Waals surface area contributed by atoms with Crippen molar-refractivity contribution in [2.75, 3.05) is 51.7 Å². The molecule has 0 saturated carbocycles. The van der Waals surface area contributed by atoms with Crippen LogP contribution < -0.4 is 13.9 Å². The van der Waals surface area contributed by atoms with Crippen LogP contribution in [0.15, 0.2) is 35.2 Å². The van der Waals surface area contributed by atoms with Crippen molar-refractivity contribution in [2.45, 2.75) is 52.4 Å². The monoisotopic (exact) mass is 609 g/mol. The number of phosphoric acid groups is 1. The van der Waals surface area contributed by atoms with E-state index in [1.54, 1.807) is 30.0 Å². The zero-order valence-electron chi connectivity index (χ0n) is 23.5. The van der Waals surface area contributed by atoms with Crippen LogP contribution >= 0.6 is 26.3 Å². The maximum Gasteiger partial charge on any atom is 0.530 e. The Bertz CT molecular complexity index is 1020. The number of benzene rings is 1. The van der Waals surface area contributed by atoms with Crippen LogP contribution in [0.2, 0.25) is 0 Å². The number of aryl methyl sites for hydroxylation is 1. The molecule has 14 heteroatoms. The molecule has 0 amide bonds. The van der Waals surface area contributed by atoms with Crippen molar-refractivity contribution < 1.29 is 31.7 Å². The molecule has 38 heavy (non-hydrogen) atoms. The normalized spacial score (nSPS) is 11.5. The van der Waals surface area contributed by atoms with Crippen LogP contribution in [-0.4, -0.2) is 56.7 Å². The van der Waals surface area contributed by atoms with E-state index in [2.05, 4.69) is 9.97 Å². The Kier molecular flexibility index (Phi) is 16.6. The number of anilines is 1. The van der Waals surface area contributed by atoms with Crippen molar-refractivity contribution in [3.63, 3.8) is 0 Å². The van der Waals surface area contributed by atoms with Crippen LogP contribution in [-0.2, 0) is 34.5 Å². The Hall–Kier alpha value is -1.23. The van der Waals surface area contributed by atoms with Gasteiger partial charge in [0.2, 0.25) is 11.8 Å². The maximum atomic E-state index is 12.4. The average Bonchev–Trinajstić information content (AvgIpc) is 2.92. The first-order valence-corrected chi connectivity index (χ1v) is 17.6. The second-order valence-corrected chi connectivity index (χ2v) is 13.2. The summed E-state index contributed by atoms with van der Waals surface area (Å²) in [7, 11) is -0.581. The van der Waals surface area contributed by atoms with Crippen molar-refractivity contribution in [1.82, 2.24) is 9.97 Å². The minimum Gasteiger partial charge on any atom is -0.405 e. The smallest absolute Gasteiger partial charge is 0.405 e. The minimum atomic E-state index is -3.50. The summed E-state index contributed by atoms with van der Waals surface area (Å²) < 4.78 is 44.0. The number of thioether (sulfide) groups is 1. The minimum absolute atomic E-state index is 0.351. The molecule has 0 spiro atoms. The maximum absolute atomic E-state index is 12.4. The molecule has 216 valence electrons. The van der Waals surface area contributed by atoms with Crippen LogP contribution in [0.1, 0.15) is 46.2 Å². The van der Waals surface area contributed by atoms with Gasteiger partial charge in [0.25, 0.3) is 0 Å². The third-order valence-electron chi connectivity index (χ3n) is 4.70. The molecule has 0 N–H and O–H groups in total. The van der Waals surface area contributed by atoms with Crippen LogP contribution in [0, 0.1) is 6.92 Å². The molecular formula is C24H41N3O7P2S2. The molecule has 1 aromatic heterocycles. The quantitative estimate of drug-likeness (QED) is 0.141. The second kappa shape index (κ2) is 18.2. The standard InChI is InChI=1S/C13H21O4PS.C11H20N3O3PS/c1-4-10-15-18(14,16-11-5-2)17-12-6-8-13(19-3)9-7-12;1-6-14(7-2)11-12-9(3)8-10(13-11)17-18(19,15-4)16-5/h6-9H,4-5,10-11H2,1-3H3;8H,6-7H2,1-5H3. The van der Waals surface area contributed by atoms with Crippen molar-refractivity contribution in [3.05, 3.63) is 36.0 Å². The molecule has 1 aromatic carbocycles. The lowest BCUT2D eigenvalue weighted by molar-refractivity contribution is 0.155. The molecule has 0 radical (unpaired) electrons. The lowest BCUT2D eigenvalue weighted by atomic mass is 10.3. The summed E-state index contributed by atoms with van der Waals surface area (Å²) in [5.74, 6) is 1.49. The summed E-state index contributed by atoms with van der Waals surface area (Å²) in [6.07, 6.45) is 3.51. The molecule has 0 aliphatic carbocycles. The van der Waals surface area contributed by atoms with Gasteiger partial charge in [0, 0.05) is 55.8 Å². The Balaban J connectivity index is 0.000000380. The van der Waals surface area contributed by atoms with Crippen LogP contribution in [0.4, 0.5) is 5.95 Å². The summed E-state index contributed by atoms with van der Waals surface area (Å²) in [6.45, 7) is 9.44. The first kappa shape index (κ1) is 34.8. The molecule has 0 unspecified atom stereocenters. The summed E-state index contributed by atoms with van der Waals surface area (Å²) in [6, 6.07) is 9.06. The molecule has 2 aromatic rings. The van der Waals surface area contributed by atoms with Crippen molar-refractivity contribution in [3.8, 4) is 11.6 Å². The summed E-state index contributed by atoms with van der Waals surface area (Å²) in [5, 5.41) is 0. The van der Waals surface area contributed by atoms with E-state index in [1.807, 2.05) is 57.9 Å². The van der Waals surface area contributed by atoms with E-state index in [1.165, 1.54) is 14.2 Å². The van der Waals surface area contributed by atoms with Gasteiger partial charge in [-0.3, -0.25) is 9.05 Å². The van der Waals surface area contributed by atoms with Gasteiger partial charge >= 0.3 is 14.5 Å². The zero-order chi connectivity index (χ0) is 28.6. The molecule has 1 heterocycles. The van der Waals surface area contributed by atoms with Gasteiger partial charge in [0.05, 0.1) is 13.2 Å². The van der Waals surface area contributed by atoms with Gasteiger partial charge in [0.15, 0.2) is 0 Å². The van der Waals surface area contributed by atoms with E-state index >= 15 is 0 Å². The van der Waals surface area contributed by atoms with Crippen molar-refractivity contribution in [2.24, 2.45) is 0 Å². The molecule has 0 atom stereocenters. The van der Waals surface area contributed by atoms with Crippen LogP contribution in [0.5, 0.6) is 11.6 Å². The van der Waals surface area contributed by atoms with Gasteiger partial charge in [-0.05, 0) is 64.1 Å². The van der Waals surface area contributed by atoms with Gasteiger partial charge in [-0.2, -0.15) is 4.98 Å². The van der Waals surface area contributed by atoms with Gasteiger partial charge in [-0.15, -0.1) is 11.8 Å². The highest BCUT2D eigenvalue weighted by Gasteiger charge is 2.28.